The Morgan fingerprint density at radius 2 is 1.94 bits per heavy atom. The molecule has 0 fully saturated rings. The van der Waals surface area contributed by atoms with Crippen molar-refractivity contribution in [2.24, 2.45) is 0 Å². The standard InChI is InChI=1S/C11H6Cl3IN2/c12-7-2-1-6(8(13)4-7)3-10-16-5-9(15)11(14)17-10/h1-2,4-5H,3H2. The molecule has 17 heavy (non-hydrogen) atoms. The summed E-state index contributed by atoms with van der Waals surface area (Å²) in [6, 6.07) is 5.35. The first kappa shape index (κ1) is 13.3. The molecule has 6 heteroatoms. The van der Waals surface area contributed by atoms with Gasteiger partial charge in [0.1, 0.15) is 11.0 Å². The Morgan fingerprint density at radius 1 is 1.18 bits per heavy atom. The SMILES string of the molecule is Clc1ccc(Cc2ncc(I)c(Cl)n2)c(Cl)c1. The molecule has 0 saturated heterocycles. The Hall–Kier alpha value is -0.100. The smallest absolute Gasteiger partial charge is 0.146 e. The minimum Gasteiger partial charge on any atom is -0.240 e. The van der Waals surface area contributed by atoms with E-state index in [1.165, 1.54) is 0 Å². The van der Waals surface area contributed by atoms with Crippen LogP contribution < -0.4 is 0 Å². The Bertz CT molecular complexity index is 560. The minimum atomic E-state index is 0.459. The van der Waals surface area contributed by atoms with Crippen LogP contribution in [0.3, 0.4) is 0 Å². The van der Waals surface area contributed by atoms with Crippen molar-refractivity contribution in [3.8, 4) is 0 Å². The lowest BCUT2D eigenvalue weighted by Crippen LogP contribution is -1.98. The summed E-state index contributed by atoms with van der Waals surface area (Å²) in [5, 5.41) is 1.68. The van der Waals surface area contributed by atoms with E-state index in [-0.39, 0.29) is 0 Å². The molecule has 0 bridgehead atoms. The summed E-state index contributed by atoms with van der Waals surface area (Å²) in [6.07, 6.45) is 2.22. The predicted octanol–water partition coefficient (Wildman–Crippen LogP) is 4.63. The first-order valence-corrected chi connectivity index (χ1v) is 6.88. The van der Waals surface area contributed by atoms with E-state index >= 15 is 0 Å². The molecule has 0 aliphatic rings. The Kier molecular flexibility index (Phi) is 4.47. The second-order valence-corrected chi connectivity index (χ2v) is 5.70. The van der Waals surface area contributed by atoms with Gasteiger partial charge in [-0.05, 0) is 40.3 Å². The molecule has 2 rings (SSSR count). The maximum atomic E-state index is 6.08. The fourth-order valence-electron chi connectivity index (χ4n) is 1.30. The zero-order chi connectivity index (χ0) is 12.4. The van der Waals surface area contributed by atoms with E-state index in [2.05, 4.69) is 32.6 Å². The maximum Gasteiger partial charge on any atom is 0.146 e. The fourth-order valence-corrected chi connectivity index (χ4v) is 2.18. The lowest BCUT2D eigenvalue weighted by Gasteiger charge is -2.04. The molecule has 0 aliphatic carbocycles. The third-order valence-corrected chi connectivity index (χ3v) is 4.10. The van der Waals surface area contributed by atoms with Gasteiger partial charge in [-0.15, -0.1) is 0 Å². The monoisotopic (exact) mass is 398 g/mol. The predicted molar refractivity (Wildman–Crippen MR) is 79.0 cm³/mol. The third kappa shape index (κ3) is 3.44. The van der Waals surface area contributed by atoms with Crippen molar-refractivity contribution in [2.75, 3.05) is 0 Å². The van der Waals surface area contributed by atoms with Crippen LogP contribution in [0.15, 0.2) is 24.4 Å². The van der Waals surface area contributed by atoms with Crippen LogP contribution in [0.4, 0.5) is 0 Å². The highest BCUT2D eigenvalue weighted by atomic mass is 127. The maximum absolute atomic E-state index is 6.08. The van der Waals surface area contributed by atoms with E-state index < -0.39 is 0 Å². The lowest BCUT2D eigenvalue weighted by molar-refractivity contribution is 0.961. The van der Waals surface area contributed by atoms with E-state index in [0.29, 0.717) is 27.4 Å². The summed E-state index contributed by atoms with van der Waals surface area (Å²) in [6.45, 7) is 0. The number of hydrogen-bond donors (Lipinski definition) is 0. The first-order valence-electron chi connectivity index (χ1n) is 4.67. The van der Waals surface area contributed by atoms with E-state index in [4.69, 9.17) is 34.8 Å². The van der Waals surface area contributed by atoms with Crippen molar-refractivity contribution in [1.82, 2.24) is 9.97 Å². The first-order chi connectivity index (χ1) is 8.06. The molecule has 1 aromatic heterocycles. The van der Waals surface area contributed by atoms with Gasteiger partial charge in [0.25, 0.3) is 0 Å². The molecule has 2 aromatic rings. The second-order valence-electron chi connectivity index (χ2n) is 3.34. The average molecular weight is 399 g/mol. The third-order valence-electron chi connectivity index (χ3n) is 2.11. The summed E-state index contributed by atoms with van der Waals surface area (Å²) < 4.78 is 0.829. The van der Waals surface area contributed by atoms with Crippen LogP contribution in [0, 0.1) is 3.57 Å². The van der Waals surface area contributed by atoms with Crippen LogP contribution in [-0.2, 0) is 6.42 Å². The zero-order valence-electron chi connectivity index (χ0n) is 8.42. The van der Waals surface area contributed by atoms with Gasteiger partial charge >= 0.3 is 0 Å². The Labute approximate surface area is 127 Å². The van der Waals surface area contributed by atoms with Gasteiger partial charge in [-0.1, -0.05) is 40.9 Å². The van der Waals surface area contributed by atoms with Gasteiger partial charge < -0.3 is 0 Å². The van der Waals surface area contributed by atoms with Crippen LogP contribution in [0.5, 0.6) is 0 Å². The molecule has 0 atom stereocenters. The average Bonchev–Trinajstić information content (AvgIpc) is 2.27. The largest absolute Gasteiger partial charge is 0.240 e. The van der Waals surface area contributed by atoms with Crippen LogP contribution in [0.2, 0.25) is 15.2 Å². The molecule has 0 saturated carbocycles. The highest BCUT2D eigenvalue weighted by molar-refractivity contribution is 14.1. The summed E-state index contributed by atoms with van der Waals surface area (Å²) in [4.78, 5) is 8.39. The van der Waals surface area contributed by atoms with Gasteiger partial charge in [0.2, 0.25) is 0 Å². The molecular weight excluding hydrogens is 393 g/mol. The minimum absolute atomic E-state index is 0.459. The number of halogens is 4. The van der Waals surface area contributed by atoms with Gasteiger partial charge in [-0.2, -0.15) is 0 Å². The van der Waals surface area contributed by atoms with E-state index in [1.807, 2.05) is 6.07 Å². The molecule has 0 N–H and O–H groups in total. The molecule has 0 unspecified atom stereocenters. The Balaban J connectivity index is 2.28. The van der Waals surface area contributed by atoms with E-state index in [0.717, 1.165) is 9.13 Å². The van der Waals surface area contributed by atoms with Crippen molar-refractivity contribution in [3.63, 3.8) is 0 Å². The summed E-state index contributed by atoms with van der Waals surface area (Å²) in [7, 11) is 0. The number of nitrogens with zero attached hydrogens (tertiary/aromatic N) is 2. The van der Waals surface area contributed by atoms with Crippen molar-refractivity contribution >= 4 is 57.4 Å². The van der Waals surface area contributed by atoms with Gasteiger partial charge in [0, 0.05) is 22.7 Å². The number of hydrogen-bond acceptors (Lipinski definition) is 2. The van der Waals surface area contributed by atoms with Crippen molar-refractivity contribution in [2.45, 2.75) is 6.42 Å². The molecule has 0 spiro atoms. The second kappa shape index (κ2) is 5.69. The van der Waals surface area contributed by atoms with Gasteiger partial charge in [0.05, 0.1) is 3.57 Å². The van der Waals surface area contributed by atoms with Gasteiger partial charge in [-0.3, -0.25) is 0 Å². The highest BCUT2D eigenvalue weighted by Gasteiger charge is 2.07. The lowest BCUT2D eigenvalue weighted by atomic mass is 10.1. The van der Waals surface area contributed by atoms with Crippen molar-refractivity contribution in [3.05, 3.63) is 54.6 Å². The van der Waals surface area contributed by atoms with Gasteiger partial charge in [-0.25, -0.2) is 9.97 Å². The molecular formula is C11H6Cl3IN2. The summed E-state index contributed by atoms with van der Waals surface area (Å²) in [5.74, 6) is 0.639. The molecule has 88 valence electrons. The molecule has 0 radical (unpaired) electrons. The summed E-state index contributed by atoms with van der Waals surface area (Å²) in [5.41, 5.74) is 0.924. The zero-order valence-corrected chi connectivity index (χ0v) is 12.8. The van der Waals surface area contributed by atoms with Crippen LogP contribution >= 0.6 is 57.4 Å². The molecule has 0 amide bonds. The molecule has 1 aromatic carbocycles. The summed E-state index contributed by atoms with van der Waals surface area (Å²) >= 11 is 19.9. The van der Waals surface area contributed by atoms with Crippen molar-refractivity contribution in [1.29, 1.82) is 0 Å². The van der Waals surface area contributed by atoms with E-state index in [9.17, 15) is 0 Å². The molecule has 0 aliphatic heterocycles. The van der Waals surface area contributed by atoms with Gasteiger partial charge in [0.15, 0.2) is 0 Å². The van der Waals surface area contributed by atoms with Crippen molar-refractivity contribution < 1.29 is 0 Å². The van der Waals surface area contributed by atoms with Crippen LogP contribution in [0.1, 0.15) is 11.4 Å². The van der Waals surface area contributed by atoms with Crippen LogP contribution in [0.25, 0.3) is 0 Å². The number of aromatic nitrogens is 2. The number of benzene rings is 1. The topological polar surface area (TPSA) is 25.8 Å². The van der Waals surface area contributed by atoms with E-state index in [1.54, 1.807) is 18.3 Å². The molecule has 1 heterocycles. The fraction of sp³-hybridized carbons (Fsp3) is 0.0909. The molecule has 2 nitrogen and oxygen atoms in total. The van der Waals surface area contributed by atoms with Crippen LogP contribution in [-0.4, -0.2) is 9.97 Å². The number of rotatable bonds is 2. The Morgan fingerprint density at radius 3 is 2.59 bits per heavy atom. The highest BCUT2D eigenvalue weighted by Crippen LogP contribution is 2.23. The quantitative estimate of drug-likeness (QED) is 0.544. The normalized spacial score (nSPS) is 10.6.